The first-order valence-electron chi connectivity index (χ1n) is 7.11. The Morgan fingerprint density at radius 3 is 2.79 bits per heavy atom. The van der Waals surface area contributed by atoms with Crippen molar-refractivity contribution in [2.45, 2.75) is 26.7 Å². The molecule has 0 aliphatic heterocycles. The number of hydrogen-bond acceptors (Lipinski definition) is 2. The van der Waals surface area contributed by atoms with Gasteiger partial charge in [0.2, 0.25) is 0 Å². The normalized spacial score (nSPS) is 14.3. The lowest BCUT2D eigenvalue weighted by Gasteiger charge is -2.23. The highest BCUT2D eigenvalue weighted by molar-refractivity contribution is 6.30. The third-order valence-corrected chi connectivity index (χ3v) is 3.96. The standard InChI is InChI=1S/C16H26ClNO/c1-4-13(2)15(12-18-8-9-19-3)10-14-6-5-7-16(17)11-14/h5-7,11,13,15,18H,4,8-10,12H2,1-3H3. The van der Waals surface area contributed by atoms with Crippen LogP contribution in [0.4, 0.5) is 0 Å². The summed E-state index contributed by atoms with van der Waals surface area (Å²) in [5.41, 5.74) is 1.33. The molecule has 1 aromatic rings. The van der Waals surface area contributed by atoms with Gasteiger partial charge in [0.25, 0.3) is 0 Å². The van der Waals surface area contributed by atoms with E-state index in [1.807, 2.05) is 12.1 Å². The third-order valence-electron chi connectivity index (χ3n) is 3.73. The summed E-state index contributed by atoms with van der Waals surface area (Å²) < 4.78 is 5.06. The van der Waals surface area contributed by atoms with E-state index in [-0.39, 0.29) is 0 Å². The van der Waals surface area contributed by atoms with E-state index in [0.717, 1.165) is 31.1 Å². The second-order valence-electron chi connectivity index (χ2n) is 5.18. The molecule has 2 unspecified atom stereocenters. The molecule has 0 aliphatic carbocycles. The van der Waals surface area contributed by atoms with Crippen LogP contribution in [0.2, 0.25) is 5.02 Å². The Morgan fingerprint density at radius 2 is 2.16 bits per heavy atom. The molecule has 2 atom stereocenters. The molecule has 0 aliphatic rings. The third kappa shape index (κ3) is 6.42. The van der Waals surface area contributed by atoms with E-state index in [2.05, 4.69) is 31.3 Å². The lowest BCUT2D eigenvalue weighted by Crippen LogP contribution is -2.30. The first-order chi connectivity index (χ1) is 9.17. The van der Waals surface area contributed by atoms with Crippen LogP contribution >= 0.6 is 11.6 Å². The number of methoxy groups -OCH3 is 1. The molecule has 3 heteroatoms. The van der Waals surface area contributed by atoms with Crippen LogP contribution in [-0.2, 0) is 11.2 Å². The second kappa shape index (κ2) is 9.35. The van der Waals surface area contributed by atoms with Gasteiger partial charge >= 0.3 is 0 Å². The largest absolute Gasteiger partial charge is 0.383 e. The Morgan fingerprint density at radius 1 is 1.37 bits per heavy atom. The minimum Gasteiger partial charge on any atom is -0.383 e. The van der Waals surface area contributed by atoms with Gasteiger partial charge < -0.3 is 10.1 Å². The highest BCUT2D eigenvalue weighted by atomic mass is 35.5. The summed E-state index contributed by atoms with van der Waals surface area (Å²) in [7, 11) is 1.74. The summed E-state index contributed by atoms with van der Waals surface area (Å²) in [6.45, 7) is 7.30. The summed E-state index contributed by atoms with van der Waals surface area (Å²) in [5.74, 6) is 1.34. The van der Waals surface area contributed by atoms with Crippen molar-refractivity contribution in [1.82, 2.24) is 5.32 Å². The van der Waals surface area contributed by atoms with Gasteiger partial charge in [0.1, 0.15) is 0 Å². The molecule has 1 aromatic carbocycles. The molecule has 0 saturated heterocycles. The van der Waals surface area contributed by atoms with E-state index < -0.39 is 0 Å². The van der Waals surface area contributed by atoms with Crippen molar-refractivity contribution in [2.24, 2.45) is 11.8 Å². The van der Waals surface area contributed by atoms with Crippen molar-refractivity contribution in [3.05, 3.63) is 34.9 Å². The van der Waals surface area contributed by atoms with E-state index in [0.29, 0.717) is 11.8 Å². The first kappa shape index (κ1) is 16.5. The quantitative estimate of drug-likeness (QED) is 0.697. The minimum atomic E-state index is 0.639. The van der Waals surface area contributed by atoms with Crippen LogP contribution < -0.4 is 5.32 Å². The van der Waals surface area contributed by atoms with E-state index in [1.54, 1.807) is 7.11 Å². The van der Waals surface area contributed by atoms with Crippen LogP contribution in [0.5, 0.6) is 0 Å². The number of hydrogen-bond donors (Lipinski definition) is 1. The maximum absolute atomic E-state index is 6.06. The predicted octanol–water partition coefficient (Wildman–Crippen LogP) is 3.78. The Kier molecular flexibility index (Phi) is 8.11. The zero-order valence-electron chi connectivity index (χ0n) is 12.3. The molecule has 19 heavy (non-hydrogen) atoms. The van der Waals surface area contributed by atoms with Crippen LogP contribution in [-0.4, -0.2) is 26.8 Å². The van der Waals surface area contributed by atoms with Crippen LogP contribution in [0.3, 0.4) is 0 Å². The van der Waals surface area contributed by atoms with Gasteiger partial charge in [-0.15, -0.1) is 0 Å². The van der Waals surface area contributed by atoms with Gasteiger partial charge in [-0.05, 0) is 42.5 Å². The van der Waals surface area contributed by atoms with Gasteiger partial charge in [-0.3, -0.25) is 0 Å². The molecule has 0 heterocycles. The lowest BCUT2D eigenvalue weighted by atomic mass is 9.86. The van der Waals surface area contributed by atoms with Crippen LogP contribution in [0.25, 0.3) is 0 Å². The minimum absolute atomic E-state index is 0.639. The van der Waals surface area contributed by atoms with Gasteiger partial charge in [0.15, 0.2) is 0 Å². The molecule has 1 rings (SSSR count). The molecular weight excluding hydrogens is 258 g/mol. The maximum atomic E-state index is 6.06. The molecule has 0 fully saturated rings. The highest BCUT2D eigenvalue weighted by Gasteiger charge is 2.16. The fourth-order valence-electron chi connectivity index (χ4n) is 2.24. The van der Waals surface area contributed by atoms with E-state index in [1.165, 1.54) is 12.0 Å². The summed E-state index contributed by atoms with van der Waals surface area (Å²) in [6, 6.07) is 8.20. The summed E-state index contributed by atoms with van der Waals surface area (Å²) >= 11 is 6.06. The second-order valence-corrected chi connectivity index (χ2v) is 5.61. The Balaban J connectivity index is 2.53. The summed E-state index contributed by atoms with van der Waals surface area (Å²) in [6.07, 6.45) is 2.28. The maximum Gasteiger partial charge on any atom is 0.0587 e. The van der Waals surface area contributed by atoms with Crippen molar-refractivity contribution in [3.8, 4) is 0 Å². The van der Waals surface area contributed by atoms with Crippen molar-refractivity contribution >= 4 is 11.6 Å². The fraction of sp³-hybridized carbons (Fsp3) is 0.625. The van der Waals surface area contributed by atoms with Gasteiger partial charge in [-0.1, -0.05) is 44.0 Å². The van der Waals surface area contributed by atoms with Crippen molar-refractivity contribution < 1.29 is 4.74 Å². The van der Waals surface area contributed by atoms with Crippen LogP contribution in [0, 0.1) is 11.8 Å². The molecule has 0 radical (unpaired) electrons. The molecule has 0 saturated carbocycles. The number of ether oxygens (including phenoxy) is 1. The Hall–Kier alpha value is -0.570. The van der Waals surface area contributed by atoms with Crippen molar-refractivity contribution in [2.75, 3.05) is 26.8 Å². The molecule has 0 aromatic heterocycles. The van der Waals surface area contributed by atoms with Crippen molar-refractivity contribution in [3.63, 3.8) is 0 Å². The number of benzene rings is 1. The van der Waals surface area contributed by atoms with Gasteiger partial charge in [-0.2, -0.15) is 0 Å². The van der Waals surface area contributed by atoms with Crippen LogP contribution in [0.15, 0.2) is 24.3 Å². The fourth-order valence-corrected chi connectivity index (χ4v) is 2.45. The molecule has 2 nitrogen and oxygen atoms in total. The van der Waals surface area contributed by atoms with E-state index >= 15 is 0 Å². The molecular formula is C16H26ClNO. The van der Waals surface area contributed by atoms with E-state index in [4.69, 9.17) is 16.3 Å². The number of halogens is 1. The lowest BCUT2D eigenvalue weighted by molar-refractivity contribution is 0.195. The number of nitrogens with one attached hydrogen (secondary N) is 1. The molecule has 0 bridgehead atoms. The molecule has 0 spiro atoms. The van der Waals surface area contributed by atoms with Gasteiger partial charge in [-0.25, -0.2) is 0 Å². The van der Waals surface area contributed by atoms with Gasteiger partial charge in [0.05, 0.1) is 6.61 Å². The topological polar surface area (TPSA) is 21.3 Å². The van der Waals surface area contributed by atoms with Crippen molar-refractivity contribution in [1.29, 1.82) is 0 Å². The predicted molar refractivity (Wildman–Crippen MR) is 82.8 cm³/mol. The monoisotopic (exact) mass is 283 g/mol. The average molecular weight is 284 g/mol. The Bertz CT molecular complexity index is 356. The van der Waals surface area contributed by atoms with Gasteiger partial charge in [0, 0.05) is 18.7 Å². The summed E-state index contributed by atoms with van der Waals surface area (Å²) in [5, 5.41) is 4.31. The molecule has 1 N–H and O–H groups in total. The first-order valence-corrected chi connectivity index (χ1v) is 7.49. The smallest absolute Gasteiger partial charge is 0.0587 e. The average Bonchev–Trinajstić information content (AvgIpc) is 2.41. The zero-order valence-corrected chi connectivity index (χ0v) is 13.0. The Labute approximate surface area is 122 Å². The molecule has 0 amide bonds. The highest BCUT2D eigenvalue weighted by Crippen LogP contribution is 2.21. The number of rotatable bonds is 9. The van der Waals surface area contributed by atoms with E-state index in [9.17, 15) is 0 Å². The zero-order chi connectivity index (χ0) is 14.1. The molecule has 108 valence electrons. The SMILES string of the molecule is CCC(C)C(CNCCOC)Cc1cccc(Cl)c1. The summed E-state index contributed by atoms with van der Waals surface area (Å²) in [4.78, 5) is 0. The van der Waals surface area contributed by atoms with Crippen LogP contribution in [0.1, 0.15) is 25.8 Å².